The van der Waals surface area contributed by atoms with Crippen LogP contribution in [0.15, 0.2) is 0 Å². The molecule has 2 atom stereocenters. The molecule has 74 valence electrons. The highest BCUT2D eigenvalue weighted by Gasteiger charge is 2.05. The summed E-state index contributed by atoms with van der Waals surface area (Å²) >= 11 is 0. The van der Waals surface area contributed by atoms with E-state index in [1.54, 1.807) is 0 Å². The summed E-state index contributed by atoms with van der Waals surface area (Å²) in [5.41, 5.74) is 5.50. The fourth-order valence-electron chi connectivity index (χ4n) is 1.11. The fourth-order valence-corrected chi connectivity index (χ4v) is 1.11. The highest BCUT2D eigenvalue weighted by atomic mass is 16.3. The van der Waals surface area contributed by atoms with E-state index in [2.05, 4.69) is 18.9 Å². The van der Waals surface area contributed by atoms with Crippen molar-refractivity contribution in [1.29, 1.82) is 0 Å². The lowest BCUT2D eigenvalue weighted by Crippen LogP contribution is -2.30. The van der Waals surface area contributed by atoms with Gasteiger partial charge in [0.05, 0.1) is 6.10 Å². The smallest absolute Gasteiger partial charge is 0.0524 e. The Bertz CT molecular complexity index is 107. The predicted molar refractivity (Wildman–Crippen MR) is 52.0 cm³/mol. The molecule has 0 amide bonds. The Morgan fingerprint density at radius 2 is 2.00 bits per heavy atom. The van der Waals surface area contributed by atoms with E-state index in [1.165, 1.54) is 0 Å². The van der Waals surface area contributed by atoms with Crippen LogP contribution in [0.4, 0.5) is 0 Å². The molecule has 0 saturated carbocycles. The molecule has 0 saturated heterocycles. The Balaban J connectivity index is 3.39. The van der Waals surface area contributed by atoms with Crippen molar-refractivity contribution in [2.45, 2.75) is 26.4 Å². The first-order chi connectivity index (χ1) is 5.56. The van der Waals surface area contributed by atoms with Crippen molar-refractivity contribution >= 4 is 0 Å². The summed E-state index contributed by atoms with van der Waals surface area (Å²) in [5, 5.41) is 9.04. The molecule has 0 aromatic carbocycles. The van der Waals surface area contributed by atoms with Gasteiger partial charge in [0, 0.05) is 13.1 Å². The van der Waals surface area contributed by atoms with Gasteiger partial charge in [-0.3, -0.25) is 0 Å². The minimum absolute atomic E-state index is 0.194. The standard InChI is InChI=1S/C9H22N2O/c1-8(6-10)7-11(3)5-4-9(2)12/h8-9,12H,4-7,10H2,1-3H3. The monoisotopic (exact) mass is 174 g/mol. The average molecular weight is 174 g/mol. The van der Waals surface area contributed by atoms with E-state index in [4.69, 9.17) is 10.8 Å². The lowest BCUT2D eigenvalue weighted by molar-refractivity contribution is 0.160. The van der Waals surface area contributed by atoms with E-state index in [1.807, 2.05) is 6.92 Å². The Morgan fingerprint density at radius 1 is 1.42 bits per heavy atom. The van der Waals surface area contributed by atoms with Crippen molar-refractivity contribution in [2.24, 2.45) is 11.7 Å². The van der Waals surface area contributed by atoms with Crippen molar-refractivity contribution in [1.82, 2.24) is 4.90 Å². The lowest BCUT2D eigenvalue weighted by atomic mass is 10.1. The summed E-state index contributed by atoms with van der Waals surface area (Å²) < 4.78 is 0. The molecule has 3 nitrogen and oxygen atoms in total. The number of nitrogens with two attached hydrogens (primary N) is 1. The number of hydrogen-bond donors (Lipinski definition) is 2. The van der Waals surface area contributed by atoms with Crippen LogP contribution in [0.25, 0.3) is 0 Å². The molecule has 0 aromatic heterocycles. The first-order valence-electron chi connectivity index (χ1n) is 4.63. The molecule has 0 bridgehead atoms. The molecule has 0 aliphatic carbocycles. The van der Waals surface area contributed by atoms with Crippen LogP contribution in [0.1, 0.15) is 20.3 Å². The van der Waals surface area contributed by atoms with Crippen molar-refractivity contribution in [3.63, 3.8) is 0 Å². The zero-order chi connectivity index (χ0) is 9.56. The van der Waals surface area contributed by atoms with Crippen LogP contribution in [0.2, 0.25) is 0 Å². The maximum absolute atomic E-state index is 9.04. The van der Waals surface area contributed by atoms with Crippen LogP contribution < -0.4 is 5.73 Å². The van der Waals surface area contributed by atoms with Crippen LogP contribution in [0, 0.1) is 5.92 Å². The molecular weight excluding hydrogens is 152 g/mol. The van der Waals surface area contributed by atoms with Gasteiger partial charge in [0.1, 0.15) is 0 Å². The minimum Gasteiger partial charge on any atom is -0.393 e. The van der Waals surface area contributed by atoms with Crippen molar-refractivity contribution in [3.8, 4) is 0 Å². The largest absolute Gasteiger partial charge is 0.393 e. The van der Waals surface area contributed by atoms with Crippen molar-refractivity contribution in [2.75, 3.05) is 26.7 Å². The van der Waals surface area contributed by atoms with Crippen LogP contribution >= 0.6 is 0 Å². The molecule has 0 aliphatic rings. The SMILES string of the molecule is CC(O)CCN(C)CC(C)CN. The first kappa shape index (κ1) is 11.9. The molecule has 3 N–H and O–H groups in total. The number of hydrogen-bond acceptors (Lipinski definition) is 3. The van der Waals surface area contributed by atoms with Gasteiger partial charge in [0.25, 0.3) is 0 Å². The van der Waals surface area contributed by atoms with Crippen LogP contribution in [0.5, 0.6) is 0 Å². The van der Waals surface area contributed by atoms with Gasteiger partial charge in [0.2, 0.25) is 0 Å². The molecular formula is C9H22N2O. The Kier molecular flexibility index (Phi) is 6.34. The molecule has 0 aliphatic heterocycles. The van der Waals surface area contributed by atoms with Crippen LogP contribution in [-0.2, 0) is 0 Å². The van der Waals surface area contributed by atoms with Crippen molar-refractivity contribution in [3.05, 3.63) is 0 Å². The predicted octanol–water partition coefficient (Wildman–Crippen LogP) is 0.284. The Morgan fingerprint density at radius 3 is 2.42 bits per heavy atom. The molecule has 0 spiro atoms. The van der Waals surface area contributed by atoms with E-state index in [0.717, 1.165) is 26.1 Å². The average Bonchev–Trinajstić information content (AvgIpc) is 2.00. The van der Waals surface area contributed by atoms with Crippen LogP contribution in [-0.4, -0.2) is 42.8 Å². The van der Waals surface area contributed by atoms with Gasteiger partial charge >= 0.3 is 0 Å². The molecule has 0 heterocycles. The molecule has 0 aromatic rings. The molecule has 0 radical (unpaired) electrons. The summed E-state index contributed by atoms with van der Waals surface area (Å²) in [6.45, 7) is 6.66. The van der Waals surface area contributed by atoms with Gasteiger partial charge in [-0.05, 0) is 32.9 Å². The van der Waals surface area contributed by atoms with Crippen molar-refractivity contribution < 1.29 is 5.11 Å². The zero-order valence-electron chi connectivity index (χ0n) is 8.45. The lowest BCUT2D eigenvalue weighted by Gasteiger charge is -2.20. The summed E-state index contributed by atoms with van der Waals surface area (Å²) in [6.07, 6.45) is 0.647. The third-order valence-corrected chi connectivity index (χ3v) is 1.95. The van der Waals surface area contributed by atoms with Gasteiger partial charge in [-0.1, -0.05) is 6.92 Å². The second-order valence-corrected chi connectivity index (χ2v) is 3.74. The summed E-state index contributed by atoms with van der Waals surface area (Å²) in [7, 11) is 2.06. The van der Waals surface area contributed by atoms with Gasteiger partial charge in [-0.25, -0.2) is 0 Å². The number of aliphatic hydroxyl groups excluding tert-OH is 1. The Hall–Kier alpha value is -0.120. The van der Waals surface area contributed by atoms with E-state index >= 15 is 0 Å². The number of rotatable bonds is 6. The second-order valence-electron chi connectivity index (χ2n) is 3.74. The summed E-state index contributed by atoms with van der Waals surface area (Å²) in [6, 6.07) is 0. The molecule has 0 rings (SSSR count). The summed E-state index contributed by atoms with van der Waals surface area (Å²) in [4.78, 5) is 2.21. The number of nitrogens with zero attached hydrogens (tertiary/aromatic N) is 1. The van der Waals surface area contributed by atoms with E-state index in [-0.39, 0.29) is 6.10 Å². The minimum atomic E-state index is -0.194. The first-order valence-corrected chi connectivity index (χ1v) is 4.63. The van der Waals surface area contributed by atoms with E-state index in [9.17, 15) is 0 Å². The third-order valence-electron chi connectivity index (χ3n) is 1.95. The van der Waals surface area contributed by atoms with Gasteiger partial charge in [-0.15, -0.1) is 0 Å². The van der Waals surface area contributed by atoms with E-state index < -0.39 is 0 Å². The maximum atomic E-state index is 9.04. The van der Waals surface area contributed by atoms with Gasteiger partial charge in [0.15, 0.2) is 0 Å². The molecule has 12 heavy (non-hydrogen) atoms. The topological polar surface area (TPSA) is 49.5 Å². The van der Waals surface area contributed by atoms with Gasteiger partial charge < -0.3 is 15.7 Å². The van der Waals surface area contributed by atoms with Gasteiger partial charge in [-0.2, -0.15) is 0 Å². The summed E-state index contributed by atoms with van der Waals surface area (Å²) in [5.74, 6) is 0.545. The number of aliphatic hydroxyl groups is 1. The molecule has 0 fully saturated rings. The normalized spacial score (nSPS) is 16.5. The van der Waals surface area contributed by atoms with E-state index in [0.29, 0.717) is 5.92 Å². The highest BCUT2D eigenvalue weighted by molar-refractivity contribution is 4.60. The van der Waals surface area contributed by atoms with Crippen LogP contribution in [0.3, 0.4) is 0 Å². The molecule has 3 heteroatoms. The zero-order valence-corrected chi connectivity index (χ0v) is 8.45. The Labute approximate surface area is 75.6 Å². The maximum Gasteiger partial charge on any atom is 0.0524 e. The third kappa shape index (κ3) is 6.58. The highest BCUT2D eigenvalue weighted by Crippen LogP contribution is 1.98. The quantitative estimate of drug-likeness (QED) is 0.608. The second kappa shape index (κ2) is 6.40. The fraction of sp³-hybridized carbons (Fsp3) is 1.00. The molecule has 2 unspecified atom stereocenters.